The molecule has 0 heterocycles. The summed E-state index contributed by atoms with van der Waals surface area (Å²) in [6.45, 7) is 0. The molecule has 0 bridgehead atoms. The van der Waals surface area contributed by atoms with Crippen LogP contribution in [0.2, 0.25) is 0 Å². The van der Waals surface area contributed by atoms with Crippen molar-refractivity contribution in [1.29, 1.82) is 0 Å². The van der Waals surface area contributed by atoms with E-state index in [1.165, 1.54) is 0 Å². The van der Waals surface area contributed by atoms with E-state index in [0.717, 1.165) is 0 Å². The number of hydrogen-bond acceptors (Lipinski definition) is 4. The first-order chi connectivity index (χ1) is 2.00. The van der Waals surface area contributed by atoms with Gasteiger partial charge >= 0.3 is 23.1 Å². The van der Waals surface area contributed by atoms with Crippen molar-refractivity contribution in [2.45, 2.75) is 0 Å². The van der Waals surface area contributed by atoms with E-state index in [2.05, 4.69) is 0 Å². The Labute approximate surface area is 87.7 Å². The molecule has 0 aliphatic carbocycles. The Morgan fingerprint density at radius 2 is 0.889 bits per heavy atom. The van der Waals surface area contributed by atoms with E-state index in [1.54, 1.807) is 0 Å². The van der Waals surface area contributed by atoms with Crippen molar-refractivity contribution in [1.82, 2.24) is 0 Å². The van der Waals surface area contributed by atoms with E-state index in [9.17, 15) is 0 Å². The van der Waals surface area contributed by atoms with Gasteiger partial charge in [0, 0.05) is 10.4 Å². The predicted octanol–water partition coefficient (Wildman–Crippen LogP) is -0.453. The summed E-state index contributed by atoms with van der Waals surface area (Å²) in [7, 11) is -5.17. The van der Waals surface area contributed by atoms with Gasteiger partial charge in [0.15, 0.2) is 0 Å². The molecule has 0 amide bonds. The molecule has 0 atom stereocenters. The molecule has 0 spiro atoms. The Balaban J connectivity index is -0.0000000133. The molecule has 0 aliphatic heterocycles. The van der Waals surface area contributed by atoms with Crippen LogP contribution in [0.5, 0.6) is 0 Å². The zero-order chi connectivity index (χ0) is 4.50. The van der Waals surface area contributed by atoms with Crippen molar-refractivity contribution >= 4 is 70.7 Å². The summed E-state index contributed by atoms with van der Waals surface area (Å²) >= 11 is 0. The summed E-state index contributed by atoms with van der Waals surface area (Å²) in [5.41, 5.74) is 0. The van der Waals surface area contributed by atoms with E-state index >= 15 is 0 Å². The van der Waals surface area contributed by atoms with Crippen molar-refractivity contribution < 1.29 is 17.5 Å². The van der Waals surface area contributed by atoms with Crippen LogP contribution in [-0.2, 0) is 10.4 Å². The van der Waals surface area contributed by atoms with Crippen LogP contribution in [0.3, 0.4) is 0 Å². The molecule has 0 radical (unpaired) electrons. The molecular weight excluding hydrogens is 227 g/mol. The number of rotatable bonds is 0. The fourth-order valence-corrected chi connectivity index (χ4v) is 0. The molecule has 0 unspecified atom stereocenters. The summed E-state index contributed by atoms with van der Waals surface area (Å²) in [6.07, 6.45) is 0. The second-order valence-corrected chi connectivity index (χ2v) is 1.22. The van der Waals surface area contributed by atoms with Gasteiger partial charge in [0.05, 0.1) is 0 Å². The van der Waals surface area contributed by atoms with Crippen LogP contribution >= 0.6 is 37.2 Å². The zero-order valence-corrected chi connectivity index (χ0v) is 8.65. The van der Waals surface area contributed by atoms with Crippen LogP contribution < -0.4 is 0 Å². The van der Waals surface area contributed by atoms with E-state index in [1.807, 2.05) is 0 Å². The monoisotopic (exact) mass is 228 g/mol. The minimum absolute atomic E-state index is 0. The third-order valence-corrected chi connectivity index (χ3v) is 0. The van der Waals surface area contributed by atoms with Gasteiger partial charge < -0.3 is 9.11 Å². The summed E-state index contributed by atoms with van der Waals surface area (Å²) in [6, 6.07) is 0. The smallest absolute Gasteiger partial charge is 0.759 e. The Morgan fingerprint density at radius 1 is 0.889 bits per heavy atom. The van der Waals surface area contributed by atoms with Crippen molar-refractivity contribution in [3.63, 3.8) is 0 Å². The molecule has 0 aromatic rings. The molecule has 0 saturated carbocycles. The molecule has 9 heteroatoms. The van der Waals surface area contributed by atoms with Crippen LogP contribution in [0.1, 0.15) is 0 Å². The first-order valence-corrected chi connectivity index (χ1v) is 2.00. The SMILES string of the molecule is Cl.Cl.Cl.O=S(=O)([O-])[O-].[Mg+2]. The predicted molar refractivity (Wildman–Crippen MR) is 38.0 cm³/mol. The van der Waals surface area contributed by atoms with E-state index in [4.69, 9.17) is 17.5 Å². The third-order valence-electron chi connectivity index (χ3n) is 0. The minimum atomic E-state index is -5.17. The van der Waals surface area contributed by atoms with Gasteiger partial charge in [0.25, 0.3) is 0 Å². The Kier molecular flexibility index (Phi) is 42.5. The summed E-state index contributed by atoms with van der Waals surface area (Å²) in [4.78, 5) is 0. The van der Waals surface area contributed by atoms with Crippen molar-refractivity contribution in [3.05, 3.63) is 0 Å². The average molecular weight is 230 g/mol. The second kappa shape index (κ2) is 12.2. The van der Waals surface area contributed by atoms with Crippen LogP contribution in [0.25, 0.3) is 0 Å². The first kappa shape index (κ1) is 31.3. The van der Waals surface area contributed by atoms with Crippen molar-refractivity contribution in [2.24, 2.45) is 0 Å². The van der Waals surface area contributed by atoms with Gasteiger partial charge in [-0.2, -0.15) is 0 Å². The molecule has 56 valence electrons. The fraction of sp³-hybridized carbons (Fsp3) is 0. The molecule has 9 heavy (non-hydrogen) atoms. The minimum Gasteiger partial charge on any atom is -0.759 e. The Hall–Kier alpha value is 1.51. The quantitative estimate of drug-likeness (QED) is 0.320. The maximum Gasteiger partial charge on any atom is 2.00 e. The number of hydrogen-bond donors (Lipinski definition) is 0. The third kappa shape index (κ3) is 236. The Morgan fingerprint density at radius 3 is 0.889 bits per heavy atom. The summed E-state index contributed by atoms with van der Waals surface area (Å²) in [5.74, 6) is 0. The van der Waals surface area contributed by atoms with E-state index < -0.39 is 10.4 Å². The molecular formula is H3Cl3MgO4S. The first-order valence-electron chi connectivity index (χ1n) is 0.667. The molecule has 0 fully saturated rings. The van der Waals surface area contributed by atoms with Gasteiger partial charge in [-0.1, -0.05) is 0 Å². The fourth-order valence-electron chi connectivity index (χ4n) is 0. The van der Waals surface area contributed by atoms with E-state index in [0.29, 0.717) is 0 Å². The van der Waals surface area contributed by atoms with Crippen LogP contribution in [-0.4, -0.2) is 40.6 Å². The maximum atomic E-state index is 8.52. The average Bonchev–Trinajstić information content (AvgIpc) is 0.722. The van der Waals surface area contributed by atoms with Gasteiger partial charge in [-0.05, 0) is 0 Å². The standard InChI is InChI=1S/3ClH.Mg.H2O4S/c;;;;1-5(2,3)4/h3*1H;;(H2,1,2,3,4)/q;;;+2;/p-2. The maximum absolute atomic E-state index is 8.52. The molecule has 4 nitrogen and oxygen atoms in total. The van der Waals surface area contributed by atoms with Crippen LogP contribution in [0, 0.1) is 0 Å². The van der Waals surface area contributed by atoms with E-state index in [-0.39, 0.29) is 60.3 Å². The van der Waals surface area contributed by atoms with Gasteiger partial charge in [0.2, 0.25) is 0 Å². The second-order valence-electron chi connectivity index (χ2n) is 0.408. The largest absolute Gasteiger partial charge is 2.00 e. The van der Waals surface area contributed by atoms with Crippen molar-refractivity contribution in [3.8, 4) is 0 Å². The molecule has 0 aromatic heterocycles. The number of halogens is 3. The van der Waals surface area contributed by atoms with Gasteiger partial charge in [0.1, 0.15) is 0 Å². The molecule has 0 rings (SSSR count). The Bertz CT molecular complexity index is 99.0. The summed E-state index contributed by atoms with van der Waals surface area (Å²) < 4.78 is 34.1. The normalized spacial score (nSPS) is 6.44. The van der Waals surface area contributed by atoms with Crippen LogP contribution in [0.15, 0.2) is 0 Å². The van der Waals surface area contributed by atoms with Gasteiger partial charge in [-0.3, -0.25) is 8.42 Å². The van der Waals surface area contributed by atoms with Gasteiger partial charge in [-0.15, -0.1) is 37.2 Å². The van der Waals surface area contributed by atoms with Crippen LogP contribution in [0.4, 0.5) is 0 Å². The molecule has 0 N–H and O–H groups in total. The molecule has 0 aromatic carbocycles. The molecule has 0 saturated heterocycles. The molecule has 0 aliphatic rings. The summed E-state index contributed by atoms with van der Waals surface area (Å²) in [5, 5.41) is 0. The topological polar surface area (TPSA) is 80.3 Å². The van der Waals surface area contributed by atoms with Gasteiger partial charge in [-0.25, -0.2) is 0 Å². The zero-order valence-electron chi connectivity index (χ0n) is 3.97. The van der Waals surface area contributed by atoms with Crippen molar-refractivity contribution in [2.75, 3.05) is 0 Å².